The number of rotatable bonds is 4. The molecule has 1 aliphatic rings. The summed E-state index contributed by atoms with van der Waals surface area (Å²) in [6, 6.07) is 5.01. The van der Waals surface area contributed by atoms with Gasteiger partial charge in [-0.25, -0.2) is 0 Å². The second-order valence-electron chi connectivity index (χ2n) is 4.02. The standard InChI is InChI=1S/C11H14N2O3/c1-16-8-2-3-9(10-4-7(10)6-12)11(5-8)13(14)15/h2-3,5,7,10H,4,6,12H2,1H3. The molecular formula is C11H14N2O3. The van der Waals surface area contributed by atoms with Gasteiger partial charge in [0.15, 0.2) is 0 Å². The second kappa shape index (κ2) is 4.09. The van der Waals surface area contributed by atoms with Crippen LogP contribution in [-0.2, 0) is 0 Å². The van der Waals surface area contributed by atoms with Crippen molar-refractivity contribution in [3.05, 3.63) is 33.9 Å². The highest BCUT2D eigenvalue weighted by molar-refractivity contribution is 5.49. The van der Waals surface area contributed by atoms with Crippen molar-refractivity contribution in [3.63, 3.8) is 0 Å². The van der Waals surface area contributed by atoms with Gasteiger partial charge < -0.3 is 10.5 Å². The summed E-state index contributed by atoms with van der Waals surface area (Å²) < 4.78 is 4.98. The van der Waals surface area contributed by atoms with Gasteiger partial charge in [0, 0.05) is 5.56 Å². The molecule has 1 saturated carbocycles. The molecule has 5 heteroatoms. The fourth-order valence-corrected chi connectivity index (χ4v) is 2.01. The van der Waals surface area contributed by atoms with Gasteiger partial charge in [-0.05, 0) is 36.9 Å². The van der Waals surface area contributed by atoms with Crippen LogP contribution >= 0.6 is 0 Å². The first-order chi connectivity index (χ1) is 7.67. The van der Waals surface area contributed by atoms with Crippen molar-refractivity contribution in [3.8, 4) is 5.75 Å². The number of benzene rings is 1. The van der Waals surface area contributed by atoms with Crippen molar-refractivity contribution < 1.29 is 9.66 Å². The van der Waals surface area contributed by atoms with E-state index in [1.807, 2.05) is 0 Å². The van der Waals surface area contributed by atoms with Crippen molar-refractivity contribution in [1.82, 2.24) is 0 Å². The Bertz CT molecular complexity index is 420. The number of ether oxygens (including phenoxy) is 1. The topological polar surface area (TPSA) is 78.4 Å². The monoisotopic (exact) mass is 222 g/mol. The van der Waals surface area contributed by atoms with Crippen LogP contribution in [0, 0.1) is 16.0 Å². The van der Waals surface area contributed by atoms with E-state index in [1.54, 1.807) is 12.1 Å². The van der Waals surface area contributed by atoms with Crippen LogP contribution < -0.4 is 10.5 Å². The maximum Gasteiger partial charge on any atom is 0.276 e. The molecule has 2 atom stereocenters. The van der Waals surface area contributed by atoms with Gasteiger partial charge in [-0.1, -0.05) is 0 Å². The Morgan fingerprint density at radius 1 is 1.62 bits per heavy atom. The van der Waals surface area contributed by atoms with Crippen LogP contribution in [0.15, 0.2) is 18.2 Å². The van der Waals surface area contributed by atoms with Crippen LogP contribution in [0.5, 0.6) is 5.75 Å². The lowest BCUT2D eigenvalue weighted by Gasteiger charge is -2.04. The van der Waals surface area contributed by atoms with E-state index in [0.717, 1.165) is 12.0 Å². The Kier molecular flexibility index (Phi) is 2.78. The minimum Gasteiger partial charge on any atom is -0.497 e. The fourth-order valence-electron chi connectivity index (χ4n) is 2.01. The third-order valence-electron chi connectivity index (χ3n) is 3.06. The number of nitrogens with two attached hydrogens (primary N) is 1. The highest BCUT2D eigenvalue weighted by Gasteiger charge is 2.40. The van der Waals surface area contributed by atoms with Crippen LogP contribution in [0.1, 0.15) is 17.9 Å². The lowest BCUT2D eigenvalue weighted by Crippen LogP contribution is -2.03. The minimum absolute atomic E-state index is 0.139. The lowest BCUT2D eigenvalue weighted by atomic mass is 10.1. The zero-order valence-corrected chi connectivity index (χ0v) is 9.05. The summed E-state index contributed by atoms with van der Waals surface area (Å²) in [4.78, 5) is 10.6. The molecule has 86 valence electrons. The minimum atomic E-state index is -0.357. The summed E-state index contributed by atoms with van der Waals surface area (Å²) in [5.74, 6) is 1.16. The molecule has 1 fully saturated rings. The van der Waals surface area contributed by atoms with Gasteiger partial charge in [0.2, 0.25) is 0 Å². The van der Waals surface area contributed by atoms with E-state index in [1.165, 1.54) is 13.2 Å². The molecule has 1 aromatic carbocycles. The number of nitrogens with zero attached hydrogens (tertiary/aromatic N) is 1. The van der Waals surface area contributed by atoms with Gasteiger partial charge in [0.25, 0.3) is 5.69 Å². The highest BCUT2D eigenvalue weighted by atomic mass is 16.6. The molecule has 0 spiro atoms. The average Bonchev–Trinajstić information content (AvgIpc) is 3.07. The summed E-state index contributed by atoms with van der Waals surface area (Å²) in [6.45, 7) is 0.591. The first-order valence-electron chi connectivity index (χ1n) is 5.19. The molecule has 0 aliphatic heterocycles. The number of nitro groups is 1. The van der Waals surface area contributed by atoms with E-state index in [9.17, 15) is 10.1 Å². The van der Waals surface area contributed by atoms with E-state index in [2.05, 4.69) is 0 Å². The number of hydrogen-bond donors (Lipinski definition) is 1. The van der Waals surface area contributed by atoms with Gasteiger partial charge in [-0.15, -0.1) is 0 Å². The lowest BCUT2D eigenvalue weighted by molar-refractivity contribution is -0.385. The molecular weight excluding hydrogens is 208 g/mol. The van der Waals surface area contributed by atoms with Crippen molar-refractivity contribution in [2.24, 2.45) is 11.7 Å². The van der Waals surface area contributed by atoms with E-state index in [-0.39, 0.29) is 16.5 Å². The average molecular weight is 222 g/mol. The van der Waals surface area contributed by atoms with Crippen molar-refractivity contribution in [2.75, 3.05) is 13.7 Å². The third-order valence-corrected chi connectivity index (χ3v) is 3.06. The second-order valence-corrected chi connectivity index (χ2v) is 4.02. The van der Waals surface area contributed by atoms with Crippen molar-refractivity contribution >= 4 is 5.69 Å². The largest absolute Gasteiger partial charge is 0.497 e. The van der Waals surface area contributed by atoms with Gasteiger partial charge in [0.05, 0.1) is 18.1 Å². The Balaban J connectivity index is 2.34. The van der Waals surface area contributed by atoms with Crippen molar-refractivity contribution in [2.45, 2.75) is 12.3 Å². The van der Waals surface area contributed by atoms with Crippen LogP contribution in [-0.4, -0.2) is 18.6 Å². The summed E-state index contributed by atoms with van der Waals surface area (Å²) >= 11 is 0. The molecule has 1 aromatic rings. The van der Waals surface area contributed by atoms with Crippen LogP contribution in [0.25, 0.3) is 0 Å². The molecule has 0 radical (unpaired) electrons. The zero-order valence-electron chi connectivity index (χ0n) is 9.05. The molecule has 0 aromatic heterocycles. The maximum absolute atomic E-state index is 10.9. The van der Waals surface area contributed by atoms with E-state index < -0.39 is 0 Å². The van der Waals surface area contributed by atoms with E-state index in [0.29, 0.717) is 18.2 Å². The highest BCUT2D eigenvalue weighted by Crippen LogP contribution is 2.50. The predicted molar refractivity (Wildman–Crippen MR) is 59.6 cm³/mol. The van der Waals surface area contributed by atoms with Crippen LogP contribution in [0.4, 0.5) is 5.69 Å². The summed E-state index contributed by atoms with van der Waals surface area (Å²) in [5, 5.41) is 10.9. The maximum atomic E-state index is 10.9. The Morgan fingerprint density at radius 3 is 2.88 bits per heavy atom. The third kappa shape index (κ3) is 1.86. The Labute approximate surface area is 93.4 Å². The molecule has 5 nitrogen and oxygen atoms in total. The van der Waals surface area contributed by atoms with Gasteiger partial charge in [0.1, 0.15) is 5.75 Å². The zero-order chi connectivity index (χ0) is 11.7. The van der Waals surface area contributed by atoms with E-state index >= 15 is 0 Å². The van der Waals surface area contributed by atoms with Crippen LogP contribution in [0.3, 0.4) is 0 Å². The molecule has 16 heavy (non-hydrogen) atoms. The molecule has 2 rings (SSSR count). The Hall–Kier alpha value is -1.62. The van der Waals surface area contributed by atoms with E-state index in [4.69, 9.17) is 10.5 Å². The number of methoxy groups -OCH3 is 1. The molecule has 1 aliphatic carbocycles. The SMILES string of the molecule is COc1ccc(C2CC2CN)c([N+](=O)[O-])c1. The normalized spacial score (nSPS) is 22.9. The van der Waals surface area contributed by atoms with Gasteiger partial charge >= 0.3 is 0 Å². The molecule has 2 unspecified atom stereocenters. The summed E-state index contributed by atoms with van der Waals surface area (Å²) in [6.07, 6.45) is 0.948. The fraction of sp³-hybridized carbons (Fsp3) is 0.455. The molecule has 0 saturated heterocycles. The van der Waals surface area contributed by atoms with Gasteiger partial charge in [-0.2, -0.15) is 0 Å². The first-order valence-corrected chi connectivity index (χ1v) is 5.19. The van der Waals surface area contributed by atoms with Gasteiger partial charge in [-0.3, -0.25) is 10.1 Å². The quantitative estimate of drug-likeness (QED) is 0.620. The molecule has 0 heterocycles. The molecule has 0 bridgehead atoms. The number of hydrogen-bond acceptors (Lipinski definition) is 4. The van der Waals surface area contributed by atoms with Crippen molar-refractivity contribution in [1.29, 1.82) is 0 Å². The predicted octanol–water partition coefficient (Wildman–Crippen LogP) is 1.67. The smallest absolute Gasteiger partial charge is 0.276 e. The summed E-state index contributed by atoms with van der Waals surface area (Å²) in [5.41, 5.74) is 6.47. The number of nitro benzene ring substituents is 1. The molecule has 0 amide bonds. The molecule has 2 N–H and O–H groups in total. The summed E-state index contributed by atoms with van der Waals surface area (Å²) in [7, 11) is 1.50. The Morgan fingerprint density at radius 2 is 2.38 bits per heavy atom. The van der Waals surface area contributed by atoms with Crippen LogP contribution in [0.2, 0.25) is 0 Å². The first kappa shape index (κ1) is 10.9.